The number of halogens is 1. The van der Waals surface area contributed by atoms with Crippen LogP contribution in [0.4, 0.5) is 0 Å². The Morgan fingerprint density at radius 1 is 0.284 bits per heavy atom. The predicted molar refractivity (Wildman–Crippen MR) is 491 cm³/mol. The summed E-state index contributed by atoms with van der Waals surface area (Å²) >= 11 is 9.88. The second-order valence-corrected chi connectivity index (χ2v) is 33.2. The first-order valence-electron chi connectivity index (χ1n) is 39.0. The molecule has 7 heterocycles. The van der Waals surface area contributed by atoms with Crippen LogP contribution >= 0.6 is 34.3 Å². The van der Waals surface area contributed by atoms with Gasteiger partial charge in [0.15, 0.2) is 5.82 Å². The number of rotatable bonds is 8. The van der Waals surface area contributed by atoms with Crippen LogP contribution in [0.3, 0.4) is 0 Å². The average Bonchev–Trinajstić information content (AvgIpc) is 1.37. The number of hydrogen-bond donors (Lipinski definition) is 0. The van der Waals surface area contributed by atoms with Crippen LogP contribution in [0.1, 0.15) is 27.7 Å². The summed E-state index contributed by atoms with van der Waals surface area (Å²) in [5.41, 5.74) is 16.0. The van der Waals surface area contributed by atoms with Crippen molar-refractivity contribution < 1.29 is 9.31 Å². The summed E-state index contributed by atoms with van der Waals surface area (Å²) in [4.78, 5) is 29.1. The smallest absolute Gasteiger partial charge is 0.399 e. The van der Waals surface area contributed by atoms with Crippen LogP contribution in [0.25, 0.3) is 205 Å². The van der Waals surface area contributed by atoms with Gasteiger partial charge in [0, 0.05) is 67.2 Å². The van der Waals surface area contributed by atoms with Crippen LogP contribution in [0.5, 0.6) is 0 Å². The van der Waals surface area contributed by atoms with Crippen LogP contribution in [-0.4, -0.2) is 48.2 Å². The number of aromatic nitrogens is 6. The van der Waals surface area contributed by atoms with Crippen molar-refractivity contribution >= 4 is 174 Å². The molecule has 116 heavy (non-hydrogen) atoms. The Morgan fingerprint density at radius 2 is 0.612 bits per heavy atom. The molecule has 1 aliphatic heterocycles. The van der Waals surface area contributed by atoms with Crippen molar-refractivity contribution in [2.24, 2.45) is 0 Å². The summed E-state index contributed by atoms with van der Waals surface area (Å²) in [5.74, 6) is 0.699. The van der Waals surface area contributed by atoms with Gasteiger partial charge in [-0.25, -0.2) is 19.9 Å². The number of pyridine rings is 2. The van der Waals surface area contributed by atoms with Crippen LogP contribution in [0.2, 0.25) is 5.28 Å². The van der Waals surface area contributed by atoms with Crippen molar-refractivity contribution in [1.29, 1.82) is 0 Å². The molecule has 16 aromatic carbocycles. The van der Waals surface area contributed by atoms with Crippen molar-refractivity contribution in [3.05, 3.63) is 358 Å². The Labute approximate surface area is 682 Å². The largest absolute Gasteiger partial charge is 0.494 e. The summed E-state index contributed by atoms with van der Waals surface area (Å²) in [5, 5.41) is 22.1. The average molecular weight is 1550 g/mol. The van der Waals surface area contributed by atoms with Gasteiger partial charge in [0.2, 0.25) is 5.28 Å². The molecule has 1 fully saturated rings. The predicted octanol–water partition coefficient (Wildman–Crippen LogP) is 28.0. The summed E-state index contributed by atoms with van der Waals surface area (Å²) in [6, 6.07) is 117. The fourth-order valence-electron chi connectivity index (χ4n) is 17.0. The maximum absolute atomic E-state index is 6.45. The van der Waals surface area contributed by atoms with Gasteiger partial charge < -0.3 is 9.31 Å². The number of hydrogen-bond acceptors (Lipinski definition) is 10. The second-order valence-electron chi connectivity index (χ2n) is 30.8. The van der Waals surface area contributed by atoms with E-state index < -0.39 is 18.3 Å². The van der Waals surface area contributed by atoms with Gasteiger partial charge in [-0.05, 0) is 243 Å². The SMILES string of the molecule is CC1(C)OB(c2cc(-c3cccnc3)cc(-c3cc4ccccc4c4ccccc34)c2)OC1(C)C.Clc1nc(-c2cc3ccccc3c3ccccc23)c2sc3ccccc3c2n1.c1cncc(-c2cc(-c3nc(-c4cc5ccccc5c5ccccc45)c4sc5ccccc5c4n3)cc(-c3cc4ccccc4c4ccccc34)c2)c1. The molecule has 0 spiro atoms. The van der Waals surface area contributed by atoms with Gasteiger partial charge >= 0.3 is 7.12 Å². The van der Waals surface area contributed by atoms with E-state index in [4.69, 9.17) is 30.9 Å². The van der Waals surface area contributed by atoms with Gasteiger partial charge in [-0.1, -0.05) is 255 Å². The lowest BCUT2D eigenvalue weighted by atomic mass is 9.76. The fraction of sp³-hybridized carbons (Fsp3) is 0.0577. The molecule has 6 aromatic heterocycles. The number of benzene rings is 16. The van der Waals surface area contributed by atoms with Gasteiger partial charge in [-0.3, -0.25) is 9.97 Å². The molecule has 8 nitrogen and oxygen atoms in total. The lowest BCUT2D eigenvalue weighted by molar-refractivity contribution is 0.00578. The van der Waals surface area contributed by atoms with E-state index in [2.05, 4.69) is 357 Å². The molecule has 12 heteroatoms. The van der Waals surface area contributed by atoms with E-state index in [9.17, 15) is 0 Å². The third kappa shape index (κ3) is 12.5. The Kier molecular flexibility index (Phi) is 17.5. The van der Waals surface area contributed by atoms with Crippen molar-refractivity contribution in [2.75, 3.05) is 0 Å². The minimum Gasteiger partial charge on any atom is -0.399 e. The molecule has 0 unspecified atom stereocenters. The normalized spacial score (nSPS) is 13.3. The quantitative estimate of drug-likeness (QED) is 0.0843. The standard InChI is InChI=1S/C49H29N3S.C31H28BNO2.C24H13ClN2S/c1-3-15-36-30(12-1)27-43(40-19-7-5-17-38(36)40)34-24-33(32-14-11-23-50-29-32)25-35(26-34)49-51-46-42-21-9-10-22-45(42)53-48(46)47(52-49)44-28-31-13-2-4-16-37(31)39-18-6-8-20-41(39)44;1-30(2)31(3,4)35-32(34-30)25-17-23(22-11-9-15-33-20-22)16-24(18-25)29-19-21-10-5-6-12-26(21)27-13-7-8-14-28(27)29;25-24-26-21-18-11-5-6-12-20(18)28-23(21)22(27-24)19-13-14-7-1-2-8-15(14)16-9-3-4-10-17(16)19/h1-29H;5-20H,1-4H3;1-13H. The van der Waals surface area contributed by atoms with Crippen LogP contribution < -0.4 is 5.46 Å². The maximum atomic E-state index is 6.45. The van der Waals surface area contributed by atoms with Crippen molar-refractivity contribution in [3.63, 3.8) is 0 Å². The molecule has 0 atom stereocenters. The Bertz CT molecular complexity index is 7710. The van der Waals surface area contributed by atoms with Crippen LogP contribution in [-0.2, 0) is 9.31 Å². The summed E-state index contributed by atoms with van der Waals surface area (Å²) in [6.07, 6.45) is 7.47. The van der Waals surface area contributed by atoms with Crippen molar-refractivity contribution in [1.82, 2.24) is 29.9 Å². The fourth-order valence-corrected chi connectivity index (χ4v) is 19.4. The van der Waals surface area contributed by atoms with Crippen LogP contribution in [0.15, 0.2) is 352 Å². The molecule has 22 aromatic rings. The molecule has 1 saturated heterocycles. The first-order valence-corrected chi connectivity index (χ1v) is 41.0. The third-order valence-corrected chi connectivity index (χ3v) is 25.8. The number of thiophene rings is 2. The van der Waals surface area contributed by atoms with Gasteiger partial charge in [0.05, 0.1) is 43.0 Å². The molecule has 0 amide bonds. The molecular weight excluding hydrogens is 1480 g/mol. The highest BCUT2D eigenvalue weighted by molar-refractivity contribution is 7.26. The lowest BCUT2D eigenvalue weighted by Crippen LogP contribution is -2.41. The summed E-state index contributed by atoms with van der Waals surface area (Å²) in [6.45, 7) is 8.37. The van der Waals surface area contributed by atoms with Gasteiger partial charge in [-0.15, -0.1) is 22.7 Å². The highest BCUT2D eigenvalue weighted by Gasteiger charge is 2.52. The zero-order chi connectivity index (χ0) is 77.8. The monoisotopic (exact) mass is 1540 g/mol. The molecule has 0 bridgehead atoms. The van der Waals surface area contributed by atoms with Crippen molar-refractivity contribution in [2.45, 2.75) is 38.9 Å². The Hall–Kier alpha value is -13.2. The third-order valence-electron chi connectivity index (χ3n) is 23.3. The molecule has 0 saturated carbocycles. The molecule has 23 rings (SSSR count). The van der Waals surface area contributed by atoms with E-state index in [1.165, 1.54) is 107 Å². The van der Waals surface area contributed by atoms with Gasteiger partial charge in [-0.2, -0.15) is 0 Å². The molecular formula is C104H70BClN6O2S2. The summed E-state index contributed by atoms with van der Waals surface area (Å²) in [7, 11) is -0.443. The second kappa shape index (κ2) is 28.7. The van der Waals surface area contributed by atoms with Crippen LogP contribution in [0, 0.1) is 0 Å². The highest BCUT2D eigenvalue weighted by Crippen LogP contribution is 2.48. The Balaban J connectivity index is 0.000000116. The molecule has 0 radical (unpaired) electrons. The zero-order valence-electron chi connectivity index (χ0n) is 63.8. The lowest BCUT2D eigenvalue weighted by Gasteiger charge is -2.32. The minimum absolute atomic E-state index is 0.281. The van der Waals surface area contributed by atoms with Crippen molar-refractivity contribution in [3.8, 4) is 78.4 Å². The van der Waals surface area contributed by atoms with E-state index >= 15 is 0 Å². The van der Waals surface area contributed by atoms with Gasteiger partial charge in [0.25, 0.3) is 0 Å². The number of fused-ring (bicyclic) bond motifs is 18. The molecule has 0 N–H and O–H groups in total. The van der Waals surface area contributed by atoms with E-state index in [0.717, 1.165) is 98.1 Å². The molecule has 550 valence electrons. The summed E-state index contributed by atoms with van der Waals surface area (Å²) < 4.78 is 17.5. The van der Waals surface area contributed by atoms with E-state index in [1.54, 1.807) is 28.9 Å². The van der Waals surface area contributed by atoms with E-state index in [1.807, 2.05) is 36.8 Å². The van der Waals surface area contributed by atoms with E-state index in [-0.39, 0.29) is 5.28 Å². The van der Waals surface area contributed by atoms with E-state index in [0.29, 0.717) is 5.82 Å². The number of nitrogens with zero attached hydrogens (tertiary/aromatic N) is 6. The minimum atomic E-state index is -0.443. The highest BCUT2D eigenvalue weighted by atomic mass is 35.5. The Morgan fingerprint density at radius 3 is 1.04 bits per heavy atom. The topological polar surface area (TPSA) is 95.8 Å². The maximum Gasteiger partial charge on any atom is 0.494 e. The first-order chi connectivity index (χ1) is 56.9. The molecule has 0 aliphatic carbocycles. The first kappa shape index (κ1) is 70.6. The molecule has 1 aliphatic rings. The zero-order valence-corrected chi connectivity index (χ0v) is 66.1. The van der Waals surface area contributed by atoms with Gasteiger partial charge in [0.1, 0.15) is 0 Å².